The van der Waals surface area contributed by atoms with Gasteiger partial charge in [0.05, 0.1) is 5.60 Å². The van der Waals surface area contributed by atoms with E-state index in [0.29, 0.717) is 6.04 Å². The molecule has 3 aliphatic rings. The minimum atomic E-state index is 0.242. The molecule has 3 rings (SSSR count). The van der Waals surface area contributed by atoms with E-state index < -0.39 is 0 Å². The van der Waals surface area contributed by atoms with Crippen molar-refractivity contribution >= 4 is 0 Å². The Morgan fingerprint density at radius 3 is 2.67 bits per heavy atom. The van der Waals surface area contributed by atoms with Gasteiger partial charge in [0.2, 0.25) is 0 Å². The van der Waals surface area contributed by atoms with Crippen LogP contribution in [0.15, 0.2) is 0 Å². The number of likely N-dealkylation sites (tertiary alicyclic amines) is 1. The first-order valence-corrected chi connectivity index (χ1v) is 9.35. The van der Waals surface area contributed by atoms with E-state index in [4.69, 9.17) is 4.74 Å². The molecule has 0 aromatic rings. The molecule has 2 saturated heterocycles. The number of hydrogen-bond donors (Lipinski definition) is 1. The standard InChI is InChI=1S/C18H34N2O/c1-16(15-20-10-5-6-11-20)14-19-17-7-12-21-18(13-17)8-3-2-4-9-18/h16-17,19H,2-15H2,1H3. The molecule has 122 valence electrons. The summed E-state index contributed by atoms with van der Waals surface area (Å²) < 4.78 is 6.20. The van der Waals surface area contributed by atoms with Gasteiger partial charge in [0.1, 0.15) is 0 Å². The second-order valence-electron chi connectivity index (χ2n) is 7.80. The monoisotopic (exact) mass is 294 g/mol. The normalized spacial score (nSPS) is 31.6. The molecule has 0 aromatic heterocycles. The molecule has 21 heavy (non-hydrogen) atoms. The van der Waals surface area contributed by atoms with Gasteiger partial charge in [-0.05, 0) is 64.1 Å². The van der Waals surface area contributed by atoms with Crippen LogP contribution in [0, 0.1) is 5.92 Å². The highest BCUT2D eigenvalue weighted by Crippen LogP contribution is 2.38. The van der Waals surface area contributed by atoms with Gasteiger partial charge in [-0.15, -0.1) is 0 Å². The van der Waals surface area contributed by atoms with Crippen molar-refractivity contribution in [3.63, 3.8) is 0 Å². The Labute approximate surface area is 130 Å². The fraction of sp³-hybridized carbons (Fsp3) is 1.00. The van der Waals surface area contributed by atoms with Gasteiger partial charge in [-0.2, -0.15) is 0 Å². The Balaban J connectivity index is 1.39. The summed E-state index contributed by atoms with van der Waals surface area (Å²) in [5.74, 6) is 0.772. The van der Waals surface area contributed by atoms with Crippen LogP contribution in [0.1, 0.15) is 64.7 Å². The van der Waals surface area contributed by atoms with Gasteiger partial charge in [-0.1, -0.05) is 26.2 Å². The molecular weight excluding hydrogens is 260 g/mol. The smallest absolute Gasteiger partial charge is 0.0697 e. The van der Waals surface area contributed by atoms with Crippen LogP contribution in [0.3, 0.4) is 0 Å². The summed E-state index contributed by atoms with van der Waals surface area (Å²) in [6.45, 7) is 8.48. The van der Waals surface area contributed by atoms with E-state index in [2.05, 4.69) is 17.1 Å². The topological polar surface area (TPSA) is 24.5 Å². The predicted molar refractivity (Wildman–Crippen MR) is 87.6 cm³/mol. The molecule has 3 heteroatoms. The maximum atomic E-state index is 6.20. The zero-order chi connectivity index (χ0) is 14.5. The quantitative estimate of drug-likeness (QED) is 0.843. The SMILES string of the molecule is CC(CNC1CCOC2(CCCCC2)C1)CN1CCCC1. The van der Waals surface area contributed by atoms with Gasteiger partial charge < -0.3 is 15.0 Å². The van der Waals surface area contributed by atoms with Crippen molar-refractivity contribution in [2.24, 2.45) is 5.92 Å². The average molecular weight is 294 g/mol. The Hall–Kier alpha value is -0.120. The van der Waals surface area contributed by atoms with Crippen molar-refractivity contribution in [2.45, 2.75) is 76.4 Å². The number of nitrogens with zero attached hydrogens (tertiary/aromatic N) is 1. The molecule has 1 spiro atoms. The molecule has 0 amide bonds. The highest BCUT2D eigenvalue weighted by molar-refractivity contribution is 4.92. The minimum absolute atomic E-state index is 0.242. The Morgan fingerprint density at radius 1 is 1.14 bits per heavy atom. The van der Waals surface area contributed by atoms with Gasteiger partial charge in [0, 0.05) is 19.2 Å². The molecule has 0 aromatic carbocycles. The fourth-order valence-corrected chi connectivity index (χ4v) is 4.58. The van der Waals surface area contributed by atoms with Gasteiger partial charge in [0.15, 0.2) is 0 Å². The second kappa shape index (κ2) is 7.43. The first-order chi connectivity index (χ1) is 10.3. The third-order valence-electron chi connectivity index (χ3n) is 5.78. The first kappa shape index (κ1) is 15.8. The van der Waals surface area contributed by atoms with E-state index in [1.54, 1.807) is 0 Å². The van der Waals surface area contributed by atoms with Crippen molar-refractivity contribution < 1.29 is 4.74 Å². The molecule has 0 bridgehead atoms. The number of hydrogen-bond acceptors (Lipinski definition) is 3. The molecule has 1 aliphatic carbocycles. The number of nitrogens with one attached hydrogen (secondary N) is 1. The van der Waals surface area contributed by atoms with Crippen LogP contribution in [-0.2, 0) is 4.74 Å². The van der Waals surface area contributed by atoms with Crippen LogP contribution in [0.4, 0.5) is 0 Å². The Bertz CT molecular complexity index is 303. The first-order valence-electron chi connectivity index (χ1n) is 9.35. The fourth-order valence-electron chi connectivity index (χ4n) is 4.58. The molecule has 2 aliphatic heterocycles. The largest absolute Gasteiger partial charge is 0.375 e. The highest BCUT2D eigenvalue weighted by atomic mass is 16.5. The maximum absolute atomic E-state index is 6.20. The summed E-state index contributed by atoms with van der Waals surface area (Å²) in [7, 11) is 0. The Morgan fingerprint density at radius 2 is 1.90 bits per heavy atom. The van der Waals surface area contributed by atoms with Crippen molar-refractivity contribution in [3.8, 4) is 0 Å². The lowest BCUT2D eigenvalue weighted by molar-refractivity contribution is -0.109. The van der Waals surface area contributed by atoms with Crippen molar-refractivity contribution in [1.29, 1.82) is 0 Å². The summed E-state index contributed by atoms with van der Waals surface area (Å²) in [5.41, 5.74) is 0.242. The molecule has 2 unspecified atom stereocenters. The summed E-state index contributed by atoms with van der Waals surface area (Å²) in [4.78, 5) is 2.64. The minimum Gasteiger partial charge on any atom is -0.375 e. The third-order valence-corrected chi connectivity index (χ3v) is 5.78. The second-order valence-corrected chi connectivity index (χ2v) is 7.80. The van der Waals surface area contributed by atoms with E-state index in [9.17, 15) is 0 Å². The molecule has 1 saturated carbocycles. The predicted octanol–water partition coefficient (Wildman–Crippen LogP) is 3.19. The lowest BCUT2D eigenvalue weighted by Gasteiger charge is -2.44. The van der Waals surface area contributed by atoms with E-state index >= 15 is 0 Å². The lowest BCUT2D eigenvalue weighted by Crippen LogP contribution is -2.49. The molecule has 1 N–H and O–H groups in total. The number of ether oxygens (including phenoxy) is 1. The van der Waals surface area contributed by atoms with Crippen LogP contribution in [0.2, 0.25) is 0 Å². The van der Waals surface area contributed by atoms with Gasteiger partial charge in [-0.3, -0.25) is 0 Å². The maximum Gasteiger partial charge on any atom is 0.0697 e. The summed E-state index contributed by atoms with van der Waals surface area (Å²) in [5, 5.41) is 3.86. The molecule has 0 radical (unpaired) electrons. The third kappa shape index (κ3) is 4.43. The molecule has 3 nitrogen and oxygen atoms in total. The summed E-state index contributed by atoms with van der Waals surface area (Å²) in [6.07, 6.45) is 12.0. The highest BCUT2D eigenvalue weighted by Gasteiger charge is 2.38. The molecule has 2 heterocycles. The number of rotatable bonds is 5. The zero-order valence-corrected chi connectivity index (χ0v) is 13.9. The Kier molecular flexibility index (Phi) is 5.58. The summed E-state index contributed by atoms with van der Waals surface area (Å²) in [6, 6.07) is 0.692. The van der Waals surface area contributed by atoms with Crippen LogP contribution in [-0.4, -0.2) is 49.3 Å². The van der Waals surface area contributed by atoms with Crippen LogP contribution >= 0.6 is 0 Å². The van der Waals surface area contributed by atoms with Crippen LogP contribution in [0.25, 0.3) is 0 Å². The molecule has 2 atom stereocenters. The lowest BCUT2D eigenvalue weighted by atomic mass is 9.78. The average Bonchev–Trinajstić information content (AvgIpc) is 2.99. The van der Waals surface area contributed by atoms with E-state index in [1.165, 1.54) is 84.0 Å². The van der Waals surface area contributed by atoms with Crippen molar-refractivity contribution in [3.05, 3.63) is 0 Å². The zero-order valence-electron chi connectivity index (χ0n) is 13.9. The van der Waals surface area contributed by atoms with E-state index in [-0.39, 0.29) is 5.60 Å². The van der Waals surface area contributed by atoms with Crippen LogP contribution in [0.5, 0.6) is 0 Å². The van der Waals surface area contributed by atoms with Gasteiger partial charge >= 0.3 is 0 Å². The van der Waals surface area contributed by atoms with Gasteiger partial charge in [0.25, 0.3) is 0 Å². The molecule has 3 fully saturated rings. The van der Waals surface area contributed by atoms with Crippen molar-refractivity contribution in [1.82, 2.24) is 10.2 Å². The summed E-state index contributed by atoms with van der Waals surface area (Å²) >= 11 is 0. The van der Waals surface area contributed by atoms with E-state index in [0.717, 1.165) is 12.5 Å². The molecular formula is C18H34N2O. The van der Waals surface area contributed by atoms with Gasteiger partial charge in [-0.25, -0.2) is 0 Å². The van der Waals surface area contributed by atoms with E-state index in [1.807, 2.05) is 0 Å². The van der Waals surface area contributed by atoms with Crippen molar-refractivity contribution in [2.75, 3.05) is 32.8 Å². The van der Waals surface area contributed by atoms with Crippen LogP contribution < -0.4 is 5.32 Å².